The summed E-state index contributed by atoms with van der Waals surface area (Å²) in [6.45, 7) is 6.61. The first-order chi connectivity index (χ1) is 8.51. The number of nitrogens with one attached hydrogen (secondary N) is 1. The van der Waals surface area contributed by atoms with Crippen molar-refractivity contribution in [1.82, 2.24) is 4.98 Å². The number of carbonyl (C=O) groups excluding carboxylic acids is 1. The predicted octanol–water partition coefficient (Wildman–Crippen LogP) is 3.10. The molecule has 0 saturated carbocycles. The molecular formula is C13H22N2O2S. The Kier molecular flexibility index (Phi) is 6.12. The van der Waals surface area contributed by atoms with Gasteiger partial charge in [0.2, 0.25) is 0 Å². The Morgan fingerprint density at radius 3 is 2.78 bits per heavy atom. The Morgan fingerprint density at radius 1 is 1.44 bits per heavy atom. The van der Waals surface area contributed by atoms with E-state index in [9.17, 15) is 4.79 Å². The number of thiazole rings is 1. The molecule has 0 bridgehead atoms. The molecular weight excluding hydrogens is 248 g/mol. The van der Waals surface area contributed by atoms with Crippen molar-refractivity contribution in [3.63, 3.8) is 0 Å². The van der Waals surface area contributed by atoms with E-state index in [0.717, 1.165) is 23.2 Å². The lowest BCUT2D eigenvalue weighted by Gasteiger charge is -2.13. The molecule has 0 fully saturated rings. The molecule has 1 unspecified atom stereocenters. The fourth-order valence-electron chi connectivity index (χ4n) is 1.54. The van der Waals surface area contributed by atoms with Gasteiger partial charge in [0.1, 0.15) is 0 Å². The van der Waals surface area contributed by atoms with E-state index in [2.05, 4.69) is 35.8 Å². The van der Waals surface area contributed by atoms with Gasteiger partial charge in [-0.05, 0) is 25.7 Å². The van der Waals surface area contributed by atoms with Gasteiger partial charge in [-0.3, -0.25) is 4.79 Å². The maximum Gasteiger partial charge on any atom is 0.311 e. The molecule has 0 aliphatic carbocycles. The third kappa shape index (κ3) is 5.49. The molecule has 1 atom stereocenters. The summed E-state index contributed by atoms with van der Waals surface area (Å²) in [6.07, 6.45) is 2.58. The summed E-state index contributed by atoms with van der Waals surface area (Å²) in [7, 11) is 1.39. The van der Waals surface area contributed by atoms with E-state index in [0.29, 0.717) is 6.04 Å². The quantitative estimate of drug-likeness (QED) is 0.774. The summed E-state index contributed by atoms with van der Waals surface area (Å²) in [5, 5.41) is 6.14. The zero-order chi connectivity index (χ0) is 13.5. The number of esters is 1. The van der Waals surface area contributed by atoms with Crippen LogP contribution in [-0.2, 0) is 16.0 Å². The third-order valence-corrected chi connectivity index (χ3v) is 3.47. The Hall–Kier alpha value is -1.10. The largest absolute Gasteiger partial charge is 0.469 e. The Labute approximate surface area is 113 Å². The zero-order valence-corrected chi connectivity index (χ0v) is 12.3. The van der Waals surface area contributed by atoms with Crippen molar-refractivity contribution in [3.8, 4) is 0 Å². The number of ether oxygens (including phenoxy) is 1. The average Bonchev–Trinajstić information content (AvgIpc) is 2.73. The maximum absolute atomic E-state index is 11.1. The summed E-state index contributed by atoms with van der Waals surface area (Å²) >= 11 is 1.53. The minimum Gasteiger partial charge on any atom is -0.469 e. The van der Waals surface area contributed by atoms with Crippen LogP contribution in [0, 0.1) is 5.92 Å². The molecule has 1 aromatic heterocycles. The molecule has 0 radical (unpaired) electrons. The first-order valence-corrected chi connectivity index (χ1v) is 7.17. The zero-order valence-electron chi connectivity index (χ0n) is 11.5. The van der Waals surface area contributed by atoms with Gasteiger partial charge in [-0.25, -0.2) is 4.98 Å². The number of aromatic nitrogens is 1. The number of hydrogen-bond donors (Lipinski definition) is 1. The van der Waals surface area contributed by atoms with Crippen molar-refractivity contribution >= 4 is 22.4 Å². The molecule has 5 heteroatoms. The standard InChI is InChI=1S/C13H22N2O2S/c1-9(2)5-6-10(3)14-13-15-11(8-18-13)7-12(16)17-4/h8-10H,5-7H2,1-4H3,(H,14,15). The normalized spacial score (nSPS) is 12.5. The number of methoxy groups -OCH3 is 1. The van der Waals surface area contributed by atoms with Gasteiger partial charge in [-0.1, -0.05) is 13.8 Å². The summed E-state index contributed by atoms with van der Waals surface area (Å²) in [5.74, 6) is 0.472. The number of rotatable bonds is 7. The van der Waals surface area contributed by atoms with Crippen LogP contribution in [0.15, 0.2) is 5.38 Å². The van der Waals surface area contributed by atoms with E-state index in [1.54, 1.807) is 0 Å². The van der Waals surface area contributed by atoms with Crippen LogP contribution in [0.4, 0.5) is 5.13 Å². The lowest BCUT2D eigenvalue weighted by molar-refractivity contribution is -0.139. The van der Waals surface area contributed by atoms with Crippen molar-refractivity contribution < 1.29 is 9.53 Å². The van der Waals surface area contributed by atoms with Crippen molar-refractivity contribution in [1.29, 1.82) is 0 Å². The summed E-state index contributed by atoms with van der Waals surface area (Å²) in [5.41, 5.74) is 0.769. The van der Waals surface area contributed by atoms with E-state index in [1.165, 1.54) is 24.9 Å². The van der Waals surface area contributed by atoms with Crippen molar-refractivity contribution in [2.24, 2.45) is 5.92 Å². The summed E-state index contributed by atoms with van der Waals surface area (Å²) in [6, 6.07) is 0.407. The Morgan fingerprint density at radius 2 is 2.17 bits per heavy atom. The minimum absolute atomic E-state index is 0.245. The second kappa shape index (κ2) is 7.36. The smallest absolute Gasteiger partial charge is 0.311 e. The van der Waals surface area contributed by atoms with Crippen LogP contribution < -0.4 is 5.32 Å². The van der Waals surface area contributed by atoms with Gasteiger partial charge in [0.25, 0.3) is 0 Å². The maximum atomic E-state index is 11.1. The molecule has 0 saturated heterocycles. The molecule has 18 heavy (non-hydrogen) atoms. The molecule has 102 valence electrons. The van der Waals surface area contributed by atoms with Crippen LogP contribution in [0.3, 0.4) is 0 Å². The molecule has 0 aliphatic heterocycles. The highest BCUT2D eigenvalue weighted by atomic mass is 32.1. The van der Waals surface area contributed by atoms with Crippen molar-refractivity contribution in [2.45, 2.75) is 46.1 Å². The fourth-order valence-corrected chi connectivity index (χ4v) is 2.36. The van der Waals surface area contributed by atoms with Gasteiger partial charge in [0.15, 0.2) is 5.13 Å². The number of carbonyl (C=O) groups is 1. The van der Waals surface area contributed by atoms with Crippen LogP contribution in [0.5, 0.6) is 0 Å². The lowest BCUT2D eigenvalue weighted by atomic mass is 10.0. The minimum atomic E-state index is -0.250. The Bertz CT molecular complexity index is 377. The molecule has 1 N–H and O–H groups in total. The van der Waals surface area contributed by atoms with Gasteiger partial charge in [0.05, 0.1) is 19.2 Å². The van der Waals surface area contributed by atoms with Gasteiger partial charge in [0, 0.05) is 11.4 Å². The number of hydrogen-bond acceptors (Lipinski definition) is 5. The summed E-state index contributed by atoms with van der Waals surface area (Å²) < 4.78 is 4.61. The highest BCUT2D eigenvalue weighted by molar-refractivity contribution is 7.13. The molecule has 1 rings (SSSR count). The van der Waals surface area contributed by atoms with Gasteiger partial charge in [-0.2, -0.15) is 0 Å². The Balaban J connectivity index is 2.41. The van der Waals surface area contributed by atoms with Crippen LogP contribution in [0.2, 0.25) is 0 Å². The molecule has 0 spiro atoms. The second-order valence-electron chi connectivity index (χ2n) is 4.91. The highest BCUT2D eigenvalue weighted by Gasteiger charge is 2.09. The highest BCUT2D eigenvalue weighted by Crippen LogP contribution is 2.18. The monoisotopic (exact) mass is 270 g/mol. The average molecular weight is 270 g/mol. The van der Waals surface area contributed by atoms with Gasteiger partial charge < -0.3 is 10.1 Å². The van der Waals surface area contributed by atoms with E-state index >= 15 is 0 Å². The first-order valence-electron chi connectivity index (χ1n) is 6.29. The van der Waals surface area contributed by atoms with Crippen LogP contribution in [0.1, 0.15) is 39.3 Å². The van der Waals surface area contributed by atoms with Crippen LogP contribution in [0.25, 0.3) is 0 Å². The second-order valence-corrected chi connectivity index (χ2v) is 5.77. The van der Waals surface area contributed by atoms with Crippen molar-refractivity contribution in [3.05, 3.63) is 11.1 Å². The molecule has 4 nitrogen and oxygen atoms in total. The molecule has 0 aromatic carbocycles. The van der Waals surface area contributed by atoms with E-state index in [4.69, 9.17) is 0 Å². The molecule has 0 aliphatic rings. The topological polar surface area (TPSA) is 51.2 Å². The molecule has 1 aromatic rings. The molecule has 1 heterocycles. The van der Waals surface area contributed by atoms with Crippen LogP contribution >= 0.6 is 11.3 Å². The number of nitrogens with zero attached hydrogens (tertiary/aromatic N) is 1. The lowest BCUT2D eigenvalue weighted by Crippen LogP contribution is -2.15. The van der Waals surface area contributed by atoms with Crippen LogP contribution in [-0.4, -0.2) is 24.1 Å². The van der Waals surface area contributed by atoms with Crippen molar-refractivity contribution in [2.75, 3.05) is 12.4 Å². The van der Waals surface area contributed by atoms with Gasteiger partial charge in [-0.15, -0.1) is 11.3 Å². The number of anilines is 1. The van der Waals surface area contributed by atoms with E-state index in [1.807, 2.05) is 5.38 Å². The predicted molar refractivity (Wildman–Crippen MR) is 75.0 cm³/mol. The van der Waals surface area contributed by atoms with E-state index in [-0.39, 0.29) is 12.4 Å². The molecule has 0 amide bonds. The summed E-state index contributed by atoms with van der Waals surface area (Å²) in [4.78, 5) is 15.5. The third-order valence-electron chi connectivity index (χ3n) is 2.65. The fraction of sp³-hybridized carbons (Fsp3) is 0.692. The van der Waals surface area contributed by atoms with Gasteiger partial charge >= 0.3 is 5.97 Å². The first kappa shape index (κ1) is 15.0. The van der Waals surface area contributed by atoms with E-state index < -0.39 is 0 Å². The SMILES string of the molecule is COC(=O)Cc1csc(NC(C)CCC(C)C)n1.